The number of allylic oxidation sites excluding steroid dienone is 1. The van der Waals surface area contributed by atoms with Crippen molar-refractivity contribution in [3.05, 3.63) is 83.4 Å². The van der Waals surface area contributed by atoms with Crippen molar-refractivity contribution < 1.29 is 23.6 Å². The predicted octanol–water partition coefficient (Wildman–Crippen LogP) is 6.30. The Labute approximate surface area is 220 Å². The number of phenols is 1. The van der Waals surface area contributed by atoms with E-state index in [1.54, 1.807) is 55.8 Å². The lowest BCUT2D eigenvalue weighted by molar-refractivity contribution is 0.105. The maximum absolute atomic E-state index is 13.6. The molecule has 37 heavy (non-hydrogen) atoms. The molecule has 0 radical (unpaired) electrons. The molecule has 1 aliphatic rings. The molecule has 3 aromatic rings. The Hall–Kier alpha value is -3.71. The number of unbranched alkanes of at least 4 members (excludes halogenated alkanes) is 3. The van der Waals surface area contributed by atoms with Gasteiger partial charge < -0.3 is 14.6 Å². The van der Waals surface area contributed by atoms with Gasteiger partial charge in [0.15, 0.2) is 5.78 Å². The molecule has 0 spiro atoms. The molecule has 0 aliphatic carbocycles. The summed E-state index contributed by atoms with van der Waals surface area (Å²) in [5, 5.41) is 9.65. The Morgan fingerprint density at radius 1 is 0.973 bits per heavy atom. The first-order chi connectivity index (χ1) is 18.0. The van der Waals surface area contributed by atoms with Crippen molar-refractivity contribution in [2.45, 2.75) is 37.5 Å². The van der Waals surface area contributed by atoms with E-state index in [0.717, 1.165) is 13.0 Å². The van der Waals surface area contributed by atoms with E-state index in [1.165, 1.54) is 31.4 Å². The van der Waals surface area contributed by atoms with Crippen LogP contribution in [0.2, 0.25) is 0 Å². The van der Waals surface area contributed by atoms with Gasteiger partial charge in [0, 0.05) is 29.5 Å². The largest absolute Gasteiger partial charge is 0.508 e. The topological polar surface area (TPSA) is 85.2 Å². The number of hydrogen-bond donors (Lipinski definition) is 1. The highest BCUT2D eigenvalue weighted by atomic mass is 32.2. The molecular formula is C30H31NO5S. The molecular weight excluding hydrogens is 486 g/mol. The third-order valence-corrected chi connectivity index (χ3v) is 7.69. The molecule has 1 atom stereocenters. The Kier molecular flexibility index (Phi) is 8.90. The lowest BCUT2D eigenvalue weighted by Gasteiger charge is -2.09. The van der Waals surface area contributed by atoms with E-state index in [0.29, 0.717) is 50.2 Å². The van der Waals surface area contributed by atoms with Crippen LogP contribution in [0.5, 0.6) is 17.2 Å². The highest BCUT2D eigenvalue weighted by molar-refractivity contribution is 7.95. The molecule has 6 nitrogen and oxygen atoms in total. The lowest BCUT2D eigenvalue weighted by Crippen LogP contribution is -2.03. The predicted molar refractivity (Wildman–Crippen MR) is 148 cm³/mol. The fraction of sp³-hybridized carbons (Fsp3) is 0.267. The van der Waals surface area contributed by atoms with E-state index in [1.807, 2.05) is 12.1 Å². The Bertz CT molecular complexity index is 1330. The van der Waals surface area contributed by atoms with Crippen molar-refractivity contribution in [3.8, 4) is 17.2 Å². The monoisotopic (exact) mass is 517 g/mol. The second-order valence-corrected chi connectivity index (χ2v) is 10.1. The van der Waals surface area contributed by atoms with Gasteiger partial charge in [-0.15, -0.1) is 0 Å². The minimum Gasteiger partial charge on any atom is -0.508 e. The summed E-state index contributed by atoms with van der Waals surface area (Å²) in [6.45, 7) is 3.37. The SMILES string of the molecule is CCCCCCN=CCOc1ccc(C2=C(C(=O)c3ccc(O)cc3)c3ccc(OC)cc3S2=O)cc1. The zero-order valence-corrected chi connectivity index (χ0v) is 21.9. The minimum atomic E-state index is -1.58. The van der Waals surface area contributed by atoms with Gasteiger partial charge in [0.25, 0.3) is 0 Å². The summed E-state index contributed by atoms with van der Waals surface area (Å²) in [6, 6.07) is 18.5. The van der Waals surface area contributed by atoms with Gasteiger partial charge in [0.1, 0.15) is 23.9 Å². The van der Waals surface area contributed by atoms with Gasteiger partial charge in [-0.3, -0.25) is 9.79 Å². The summed E-state index contributed by atoms with van der Waals surface area (Å²) < 4.78 is 24.7. The zero-order chi connectivity index (χ0) is 26.2. The average Bonchev–Trinajstić information content (AvgIpc) is 3.22. The summed E-state index contributed by atoms with van der Waals surface area (Å²) in [5.74, 6) is 1.04. The quantitative estimate of drug-likeness (QED) is 0.173. The number of hydrogen-bond acceptors (Lipinski definition) is 6. The summed E-state index contributed by atoms with van der Waals surface area (Å²) in [6.07, 6.45) is 6.51. The Morgan fingerprint density at radius 2 is 1.70 bits per heavy atom. The maximum Gasteiger partial charge on any atom is 0.194 e. The van der Waals surface area contributed by atoms with Crippen LogP contribution in [-0.4, -0.2) is 41.6 Å². The van der Waals surface area contributed by atoms with Gasteiger partial charge in [0.2, 0.25) is 0 Å². The van der Waals surface area contributed by atoms with Gasteiger partial charge in [-0.1, -0.05) is 38.3 Å². The summed E-state index contributed by atoms with van der Waals surface area (Å²) in [7, 11) is -0.0304. The van der Waals surface area contributed by atoms with Crippen LogP contribution in [0.1, 0.15) is 54.1 Å². The standard InChI is InChI=1S/C30H31NO5S/c1-3-4-5-6-17-31-18-19-36-24-13-9-22(10-14-24)30-28(29(33)21-7-11-23(32)12-8-21)26-16-15-25(35-2)20-27(26)37(30)34/h7-16,18,20,32H,3-6,17,19H2,1-2H3. The zero-order valence-electron chi connectivity index (χ0n) is 21.1. The van der Waals surface area contributed by atoms with Crippen molar-refractivity contribution in [2.24, 2.45) is 4.99 Å². The Balaban J connectivity index is 1.58. The van der Waals surface area contributed by atoms with Crippen LogP contribution in [0.15, 0.2) is 76.6 Å². The second-order valence-electron chi connectivity index (χ2n) is 8.70. The van der Waals surface area contributed by atoms with Gasteiger partial charge >= 0.3 is 0 Å². The molecule has 4 rings (SSSR count). The number of aromatic hydroxyl groups is 1. The fourth-order valence-corrected chi connectivity index (χ4v) is 5.71. The molecule has 1 aliphatic heterocycles. The summed E-state index contributed by atoms with van der Waals surface area (Å²) in [5.41, 5.74) is 2.07. The molecule has 1 N–H and O–H groups in total. The Morgan fingerprint density at radius 3 is 2.41 bits per heavy atom. The molecule has 7 heteroatoms. The molecule has 0 aromatic heterocycles. The first kappa shape index (κ1) is 26.4. The van der Waals surface area contributed by atoms with E-state index in [4.69, 9.17) is 9.47 Å². The number of carbonyl (C=O) groups is 1. The molecule has 0 saturated carbocycles. The van der Waals surface area contributed by atoms with Crippen LogP contribution >= 0.6 is 0 Å². The average molecular weight is 518 g/mol. The van der Waals surface area contributed by atoms with Crippen molar-refractivity contribution in [1.29, 1.82) is 0 Å². The molecule has 0 bridgehead atoms. The number of aliphatic imine (C=N–C) groups is 1. The number of Topliss-reactive ketones (excluding diaryl/α,β-unsaturated/α-hetero) is 1. The van der Waals surface area contributed by atoms with E-state index in [2.05, 4.69) is 11.9 Å². The highest BCUT2D eigenvalue weighted by Crippen LogP contribution is 2.44. The van der Waals surface area contributed by atoms with E-state index >= 15 is 0 Å². The van der Waals surface area contributed by atoms with E-state index in [9.17, 15) is 14.1 Å². The van der Waals surface area contributed by atoms with Gasteiger partial charge in [0.05, 0.1) is 27.7 Å². The second kappa shape index (κ2) is 12.5. The highest BCUT2D eigenvalue weighted by Gasteiger charge is 2.34. The van der Waals surface area contributed by atoms with Crippen LogP contribution in [-0.2, 0) is 10.8 Å². The molecule has 192 valence electrons. The number of ether oxygens (including phenoxy) is 2. The third-order valence-electron chi connectivity index (χ3n) is 6.14. The van der Waals surface area contributed by atoms with Crippen molar-refractivity contribution in [3.63, 3.8) is 0 Å². The van der Waals surface area contributed by atoms with Crippen LogP contribution < -0.4 is 9.47 Å². The smallest absolute Gasteiger partial charge is 0.194 e. The van der Waals surface area contributed by atoms with E-state index < -0.39 is 10.8 Å². The number of benzene rings is 3. The number of nitrogens with zero attached hydrogens (tertiary/aromatic N) is 1. The number of fused-ring (bicyclic) bond motifs is 1. The van der Waals surface area contributed by atoms with Crippen molar-refractivity contribution in [2.75, 3.05) is 20.3 Å². The van der Waals surface area contributed by atoms with Crippen molar-refractivity contribution in [1.82, 2.24) is 0 Å². The maximum atomic E-state index is 13.6. The molecule has 0 saturated heterocycles. The van der Waals surface area contributed by atoms with Crippen molar-refractivity contribution >= 4 is 33.3 Å². The number of carbonyl (C=O) groups excluding carboxylic acids is 1. The van der Waals surface area contributed by atoms with Gasteiger partial charge in [-0.2, -0.15) is 0 Å². The number of ketones is 1. The van der Waals surface area contributed by atoms with E-state index in [-0.39, 0.29) is 11.5 Å². The first-order valence-corrected chi connectivity index (χ1v) is 13.6. The number of phenolic OH excluding ortho intramolecular Hbond substituents is 1. The minimum absolute atomic E-state index is 0.0722. The summed E-state index contributed by atoms with van der Waals surface area (Å²) >= 11 is 0. The first-order valence-electron chi connectivity index (χ1n) is 12.4. The lowest BCUT2D eigenvalue weighted by atomic mass is 9.94. The third kappa shape index (κ3) is 6.17. The number of rotatable bonds is 12. The van der Waals surface area contributed by atoms with Crippen LogP contribution in [0.3, 0.4) is 0 Å². The molecule has 0 fully saturated rings. The van der Waals surface area contributed by atoms with Crippen LogP contribution in [0.4, 0.5) is 0 Å². The van der Waals surface area contributed by atoms with Crippen LogP contribution in [0, 0.1) is 0 Å². The molecule has 0 amide bonds. The number of methoxy groups -OCH3 is 1. The van der Waals surface area contributed by atoms with Gasteiger partial charge in [-0.25, -0.2) is 4.21 Å². The summed E-state index contributed by atoms with van der Waals surface area (Å²) in [4.78, 5) is 19.0. The van der Waals surface area contributed by atoms with Gasteiger partial charge in [-0.05, 0) is 66.6 Å². The van der Waals surface area contributed by atoms with Crippen LogP contribution in [0.25, 0.3) is 10.5 Å². The normalized spacial score (nSPS) is 14.7. The molecule has 1 unspecified atom stereocenters. The molecule has 3 aromatic carbocycles. The molecule has 1 heterocycles. The fourth-order valence-electron chi connectivity index (χ4n) is 4.16.